The van der Waals surface area contributed by atoms with Crippen LogP contribution in [0.4, 0.5) is 0 Å². The highest BCUT2D eigenvalue weighted by Gasteiger charge is 2.34. The SMILES string of the molecule is CCCCC1CCC(c2ccc(CCC3(C#N)CCCC(C)C3)cc2)CC1. The summed E-state index contributed by atoms with van der Waals surface area (Å²) < 4.78 is 0. The van der Waals surface area contributed by atoms with E-state index in [4.69, 9.17) is 0 Å². The molecular formula is C26H39N. The van der Waals surface area contributed by atoms with Crippen LogP contribution in [-0.2, 0) is 6.42 Å². The van der Waals surface area contributed by atoms with Crippen LogP contribution in [0.15, 0.2) is 24.3 Å². The normalized spacial score (nSPS) is 31.4. The van der Waals surface area contributed by atoms with Gasteiger partial charge in [-0.05, 0) is 80.2 Å². The summed E-state index contributed by atoms with van der Waals surface area (Å²) in [5, 5.41) is 9.78. The lowest BCUT2D eigenvalue weighted by atomic mass is 9.68. The van der Waals surface area contributed by atoms with Crippen molar-refractivity contribution in [3.8, 4) is 6.07 Å². The lowest BCUT2D eigenvalue weighted by molar-refractivity contribution is 0.197. The first-order valence-electron chi connectivity index (χ1n) is 11.6. The lowest BCUT2D eigenvalue weighted by Crippen LogP contribution is -2.26. The van der Waals surface area contributed by atoms with Crippen LogP contribution >= 0.6 is 0 Å². The van der Waals surface area contributed by atoms with Gasteiger partial charge in [-0.25, -0.2) is 0 Å². The molecule has 0 heterocycles. The number of nitrogens with zero attached hydrogens (tertiary/aromatic N) is 1. The first-order valence-corrected chi connectivity index (χ1v) is 11.6. The van der Waals surface area contributed by atoms with E-state index in [-0.39, 0.29) is 5.41 Å². The van der Waals surface area contributed by atoms with Gasteiger partial charge in [0.15, 0.2) is 0 Å². The van der Waals surface area contributed by atoms with Crippen molar-refractivity contribution in [1.29, 1.82) is 5.26 Å². The van der Waals surface area contributed by atoms with Crippen molar-refractivity contribution in [2.24, 2.45) is 17.3 Å². The first-order chi connectivity index (χ1) is 13.1. The summed E-state index contributed by atoms with van der Waals surface area (Å²) in [5.74, 6) is 2.48. The molecule has 2 aliphatic carbocycles. The molecule has 2 atom stereocenters. The molecule has 2 unspecified atom stereocenters. The van der Waals surface area contributed by atoms with Crippen molar-refractivity contribution >= 4 is 0 Å². The van der Waals surface area contributed by atoms with Crippen LogP contribution < -0.4 is 0 Å². The Bertz CT molecular complexity index is 602. The third-order valence-corrected chi connectivity index (χ3v) is 7.48. The summed E-state index contributed by atoms with van der Waals surface area (Å²) >= 11 is 0. The Balaban J connectivity index is 1.50. The average molecular weight is 366 g/mol. The van der Waals surface area contributed by atoms with E-state index in [9.17, 15) is 5.26 Å². The summed E-state index contributed by atoms with van der Waals surface area (Å²) in [4.78, 5) is 0. The third-order valence-electron chi connectivity index (χ3n) is 7.48. The van der Waals surface area contributed by atoms with E-state index in [1.165, 1.54) is 63.4 Å². The standard InChI is InChI=1S/C26H39N/c1-3-4-7-22-8-12-24(13-9-22)25-14-10-23(11-15-25)16-18-26(20-27)17-5-6-21(2)19-26/h10-11,14-15,21-22,24H,3-9,12-13,16-19H2,1-2H3. The largest absolute Gasteiger partial charge is 0.198 e. The maximum absolute atomic E-state index is 9.78. The van der Waals surface area contributed by atoms with Gasteiger partial charge in [0.2, 0.25) is 0 Å². The lowest BCUT2D eigenvalue weighted by Gasteiger charge is -2.34. The van der Waals surface area contributed by atoms with Gasteiger partial charge in [0.25, 0.3) is 0 Å². The molecule has 2 fully saturated rings. The van der Waals surface area contributed by atoms with Gasteiger partial charge in [0.1, 0.15) is 0 Å². The Morgan fingerprint density at radius 1 is 1.07 bits per heavy atom. The van der Waals surface area contributed by atoms with Gasteiger partial charge in [-0.15, -0.1) is 0 Å². The Morgan fingerprint density at radius 2 is 1.81 bits per heavy atom. The molecule has 0 aliphatic heterocycles. The second kappa shape index (κ2) is 9.77. The summed E-state index contributed by atoms with van der Waals surface area (Å²) in [6, 6.07) is 12.2. The number of unbranched alkanes of at least 4 members (excludes halogenated alkanes) is 1. The van der Waals surface area contributed by atoms with Crippen molar-refractivity contribution in [2.45, 2.75) is 103 Å². The molecule has 0 spiro atoms. The summed E-state index contributed by atoms with van der Waals surface area (Å²) in [5.41, 5.74) is 2.91. The van der Waals surface area contributed by atoms with Gasteiger partial charge in [0.05, 0.1) is 11.5 Å². The number of hydrogen-bond acceptors (Lipinski definition) is 1. The minimum absolute atomic E-state index is 0.0623. The van der Waals surface area contributed by atoms with Crippen LogP contribution in [0.5, 0.6) is 0 Å². The molecule has 2 saturated carbocycles. The highest BCUT2D eigenvalue weighted by atomic mass is 14.4. The molecule has 1 aromatic rings. The van der Waals surface area contributed by atoms with Crippen LogP contribution in [0.2, 0.25) is 0 Å². The molecule has 1 aromatic carbocycles. The molecule has 0 bridgehead atoms. The zero-order valence-corrected chi connectivity index (χ0v) is 17.7. The highest BCUT2D eigenvalue weighted by molar-refractivity contribution is 5.26. The van der Waals surface area contributed by atoms with Crippen LogP contribution in [0.25, 0.3) is 0 Å². The number of rotatable bonds is 7. The maximum atomic E-state index is 9.78. The predicted octanol–water partition coefficient (Wildman–Crippen LogP) is 7.80. The number of nitriles is 1. The second-order valence-electron chi connectivity index (χ2n) is 9.70. The molecule has 0 N–H and O–H groups in total. The molecule has 3 rings (SSSR count). The van der Waals surface area contributed by atoms with E-state index in [2.05, 4.69) is 44.2 Å². The minimum Gasteiger partial charge on any atom is -0.198 e. The molecule has 0 saturated heterocycles. The number of hydrogen-bond donors (Lipinski definition) is 0. The van der Waals surface area contributed by atoms with Crippen molar-refractivity contribution < 1.29 is 0 Å². The van der Waals surface area contributed by atoms with Crippen LogP contribution in [0.1, 0.15) is 108 Å². The molecular weight excluding hydrogens is 326 g/mol. The first kappa shape index (κ1) is 20.4. The monoisotopic (exact) mass is 365 g/mol. The van der Waals surface area contributed by atoms with Gasteiger partial charge in [0, 0.05) is 0 Å². The molecule has 0 amide bonds. The number of aryl methyl sites for hydroxylation is 1. The van der Waals surface area contributed by atoms with Gasteiger partial charge in [-0.3, -0.25) is 0 Å². The molecule has 0 radical (unpaired) electrons. The quantitative estimate of drug-likeness (QED) is 0.483. The van der Waals surface area contributed by atoms with Gasteiger partial charge >= 0.3 is 0 Å². The van der Waals surface area contributed by atoms with E-state index < -0.39 is 0 Å². The van der Waals surface area contributed by atoms with E-state index in [0.717, 1.165) is 37.5 Å². The molecule has 0 aromatic heterocycles. The predicted molar refractivity (Wildman–Crippen MR) is 115 cm³/mol. The fourth-order valence-electron chi connectivity index (χ4n) is 5.66. The van der Waals surface area contributed by atoms with Crippen molar-refractivity contribution in [3.05, 3.63) is 35.4 Å². The molecule has 1 nitrogen and oxygen atoms in total. The minimum atomic E-state index is -0.0623. The summed E-state index contributed by atoms with van der Waals surface area (Å²) in [6.07, 6.45) is 16.6. The molecule has 148 valence electrons. The van der Waals surface area contributed by atoms with E-state index in [0.29, 0.717) is 5.92 Å². The zero-order chi connectivity index (χ0) is 19.1. The Hall–Kier alpha value is -1.29. The summed E-state index contributed by atoms with van der Waals surface area (Å²) in [6.45, 7) is 4.62. The van der Waals surface area contributed by atoms with E-state index >= 15 is 0 Å². The van der Waals surface area contributed by atoms with Gasteiger partial charge < -0.3 is 0 Å². The van der Waals surface area contributed by atoms with Crippen LogP contribution in [-0.4, -0.2) is 0 Å². The third kappa shape index (κ3) is 5.60. The summed E-state index contributed by atoms with van der Waals surface area (Å²) in [7, 11) is 0. The molecule has 1 heteroatoms. The van der Waals surface area contributed by atoms with Crippen molar-refractivity contribution in [3.63, 3.8) is 0 Å². The van der Waals surface area contributed by atoms with E-state index in [1.807, 2.05) is 0 Å². The fourth-order valence-corrected chi connectivity index (χ4v) is 5.66. The fraction of sp³-hybridized carbons (Fsp3) is 0.731. The Morgan fingerprint density at radius 3 is 2.44 bits per heavy atom. The van der Waals surface area contributed by atoms with Crippen LogP contribution in [0, 0.1) is 28.6 Å². The maximum Gasteiger partial charge on any atom is 0.0689 e. The topological polar surface area (TPSA) is 23.8 Å². The van der Waals surface area contributed by atoms with Crippen LogP contribution in [0.3, 0.4) is 0 Å². The highest BCUT2D eigenvalue weighted by Crippen LogP contribution is 2.42. The van der Waals surface area contributed by atoms with Crippen molar-refractivity contribution in [2.75, 3.05) is 0 Å². The Labute approximate surface area is 167 Å². The number of benzene rings is 1. The molecule has 2 aliphatic rings. The molecule has 27 heavy (non-hydrogen) atoms. The average Bonchev–Trinajstić information content (AvgIpc) is 2.71. The Kier molecular flexibility index (Phi) is 7.40. The van der Waals surface area contributed by atoms with E-state index in [1.54, 1.807) is 5.56 Å². The van der Waals surface area contributed by atoms with Gasteiger partial charge in [-0.1, -0.05) is 70.2 Å². The smallest absolute Gasteiger partial charge is 0.0689 e. The zero-order valence-electron chi connectivity index (χ0n) is 17.7. The van der Waals surface area contributed by atoms with Gasteiger partial charge in [-0.2, -0.15) is 5.26 Å². The van der Waals surface area contributed by atoms with Crippen molar-refractivity contribution in [1.82, 2.24) is 0 Å². The second-order valence-corrected chi connectivity index (χ2v) is 9.70.